The summed E-state index contributed by atoms with van der Waals surface area (Å²) in [7, 11) is 2.55. The Kier molecular flexibility index (Phi) is 9.15. The van der Waals surface area contributed by atoms with E-state index >= 15 is 0 Å². The molecule has 4 rings (SSSR count). The molecule has 4 aromatic rings. The minimum atomic E-state index is -0.715. The van der Waals surface area contributed by atoms with Gasteiger partial charge in [0.25, 0.3) is 11.6 Å². The van der Waals surface area contributed by atoms with Gasteiger partial charge in [0.15, 0.2) is 5.69 Å². The van der Waals surface area contributed by atoms with Gasteiger partial charge < -0.3 is 19.4 Å². The first-order chi connectivity index (χ1) is 20.2. The number of ether oxygens (including phenoxy) is 2. The fraction of sp³-hybridized carbons (Fsp3) is 0.321. The van der Waals surface area contributed by atoms with Gasteiger partial charge in [-0.2, -0.15) is 5.10 Å². The van der Waals surface area contributed by atoms with Crippen molar-refractivity contribution >= 4 is 46.5 Å². The Morgan fingerprint density at radius 3 is 2.60 bits per heavy atom. The van der Waals surface area contributed by atoms with Gasteiger partial charge in [0, 0.05) is 31.3 Å². The van der Waals surface area contributed by atoms with Crippen molar-refractivity contribution in [3.63, 3.8) is 0 Å². The molecule has 2 aromatic carbocycles. The van der Waals surface area contributed by atoms with E-state index in [0.29, 0.717) is 55.2 Å². The number of rotatable bonds is 13. The number of fused-ring (bicyclic) bond motifs is 1. The number of carbonyl (C=O) groups is 3. The summed E-state index contributed by atoms with van der Waals surface area (Å²) in [4.78, 5) is 52.1. The second-order valence-electron chi connectivity index (χ2n) is 9.35. The number of unbranched alkanes of at least 4 members (excludes halogenated alkanes) is 1. The number of aryl methyl sites for hydroxylation is 3. The van der Waals surface area contributed by atoms with Gasteiger partial charge in [0.2, 0.25) is 5.95 Å². The van der Waals surface area contributed by atoms with E-state index in [1.165, 1.54) is 20.3 Å². The Bertz CT molecular complexity index is 1660. The molecule has 220 valence electrons. The lowest BCUT2D eigenvalue weighted by Gasteiger charge is -2.14. The SMILES string of the molecule is CCn1nc(C)cc1C(=O)Nc1nc2cc(C=O)ccc2n1CCCCNc1c(OC)cc(C(=O)OC)cc1[N+](=O)[O-]. The number of nitro benzene ring substituents is 1. The molecule has 0 aliphatic rings. The summed E-state index contributed by atoms with van der Waals surface area (Å²) in [6, 6.07) is 9.33. The van der Waals surface area contributed by atoms with Crippen molar-refractivity contribution in [3.8, 4) is 5.75 Å². The van der Waals surface area contributed by atoms with Crippen LogP contribution in [0.1, 0.15) is 56.7 Å². The maximum absolute atomic E-state index is 13.1. The average molecular weight is 578 g/mol. The first-order valence-electron chi connectivity index (χ1n) is 13.2. The first-order valence-corrected chi connectivity index (χ1v) is 13.2. The predicted molar refractivity (Wildman–Crippen MR) is 154 cm³/mol. The number of amides is 1. The zero-order chi connectivity index (χ0) is 30.4. The highest BCUT2D eigenvalue weighted by Gasteiger charge is 2.23. The van der Waals surface area contributed by atoms with Crippen molar-refractivity contribution in [1.82, 2.24) is 19.3 Å². The number of methoxy groups -OCH3 is 2. The van der Waals surface area contributed by atoms with E-state index in [9.17, 15) is 24.5 Å². The quantitative estimate of drug-likeness (QED) is 0.0770. The molecule has 14 nitrogen and oxygen atoms in total. The number of nitrogens with one attached hydrogen (secondary N) is 2. The van der Waals surface area contributed by atoms with E-state index in [1.807, 2.05) is 18.4 Å². The van der Waals surface area contributed by atoms with Gasteiger partial charge in [0.1, 0.15) is 17.7 Å². The number of imidazole rings is 1. The van der Waals surface area contributed by atoms with Crippen molar-refractivity contribution in [1.29, 1.82) is 0 Å². The summed E-state index contributed by atoms with van der Waals surface area (Å²) in [5, 5.41) is 22.0. The molecular formula is C28H31N7O7. The lowest BCUT2D eigenvalue weighted by Crippen LogP contribution is -2.20. The molecule has 0 aliphatic carbocycles. The van der Waals surface area contributed by atoms with E-state index in [0.717, 1.165) is 23.6 Å². The zero-order valence-electron chi connectivity index (χ0n) is 23.7. The van der Waals surface area contributed by atoms with Crippen molar-refractivity contribution in [3.05, 3.63) is 69.0 Å². The summed E-state index contributed by atoms with van der Waals surface area (Å²) >= 11 is 0. The van der Waals surface area contributed by atoms with E-state index in [-0.39, 0.29) is 28.6 Å². The van der Waals surface area contributed by atoms with Crippen LogP contribution in [-0.2, 0) is 17.8 Å². The van der Waals surface area contributed by atoms with Crippen LogP contribution in [0.5, 0.6) is 5.75 Å². The maximum Gasteiger partial charge on any atom is 0.338 e. The number of carbonyl (C=O) groups excluding carboxylic acids is 3. The molecule has 14 heteroatoms. The predicted octanol–water partition coefficient (Wildman–Crippen LogP) is 4.22. The first kappa shape index (κ1) is 29.7. The van der Waals surface area contributed by atoms with Gasteiger partial charge in [-0.15, -0.1) is 0 Å². The van der Waals surface area contributed by atoms with Crippen LogP contribution in [0.2, 0.25) is 0 Å². The Morgan fingerprint density at radius 1 is 1.14 bits per heavy atom. The van der Waals surface area contributed by atoms with Crippen LogP contribution in [0.4, 0.5) is 17.3 Å². The van der Waals surface area contributed by atoms with E-state index in [1.54, 1.807) is 28.9 Å². The number of nitrogens with zero attached hydrogens (tertiary/aromatic N) is 5. The lowest BCUT2D eigenvalue weighted by atomic mass is 10.1. The molecule has 0 unspecified atom stereocenters. The van der Waals surface area contributed by atoms with Crippen molar-refractivity contribution in [2.45, 2.75) is 39.8 Å². The number of benzene rings is 2. The van der Waals surface area contributed by atoms with E-state index in [2.05, 4.69) is 25.5 Å². The molecule has 0 bridgehead atoms. The Morgan fingerprint density at radius 2 is 1.93 bits per heavy atom. The molecule has 0 saturated carbocycles. The van der Waals surface area contributed by atoms with Gasteiger partial charge in [-0.1, -0.05) is 0 Å². The standard InChI is InChI=1S/C28H31N7O7/c1-5-34-23(12-17(2)32-34)26(37)31-28-30-20-13-18(16-36)8-9-21(20)33(28)11-7-6-10-29-25-22(35(39)40)14-19(27(38)42-4)15-24(25)41-3/h8-9,12-16,29H,5-7,10-11H2,1-4H3,(H,30,31,37). The Balaban J connectivity index is 1.51. The van der Waals surface area contributed by atoms with Gasteiger partial charge in [-0.05, 0) is 57.0 Å². The number of aromatic nitrogens is 4. The normalized spacial score (nSPS) is 10.9. The smallest absolute Gasteiger partial charge is 0.338 e. The highest BCUT2D eigenvalue weighted by atomic mass is 16.6. The zero-order valence-corrected chi connectivity index (χ0v) is 23.7. The monoisotopic (exact) mass is 577 g/mol. The van der Waals surface area contributed by atoms with Crippen LogP contribution in [0.25, 0.3) is 11.0 Å². The Hall–Kier alpha value is -5.27. The van der Waals surface area contributed by atoms with Gasteiger partial charge >= 0.3 is 5.97 Å². The highest BCUT2D eigenvalue weighted by Crippen LogP contribution is 2.36. The van der Waals surface area contributed by atoms with E-state index < -0.39 is 10.9 Å². The van der Waals surface area contributed by atoms with Crippen LogP contribution in [0.15, 0.2) is 36.4 Å². The molecule has 0 atom stereocenters. The molecule has 0 fully saturated rings. The minimum absolute atomic E-state index is 0.00282. The second kappa shape index (κ2) is 12.9. The largest absolute Gasteiger partial charge is 0.494 e. The molecule has 2 N–H and O–H groups in total. The van der Waals surface area contributed by atoms with Gasteiger partial charge in [0.05, 0.1) is 41.4 Å². The third-order valence-electron chi connectivity index (χ3n) is 6.60. The minimum Gasteiger partial charge on any atom is -0.494 e. The number of esters is 1. The summed E-state index contributed by atoms with van der Waals surface area (Å²) in [6.45, 7) is 5.04. The molecule has 2 aromatic heterocycles. The molecule has 0 saturated heterocycles. The van der Waals surface area contributed by atoms with E-state index in [4.69, 9.17) is 4.74 Å². The molecule has 0 aliphatic heterocycles. The van der Waals surface area contributed by atoms with Crippen LogP contribution < -0.4 is 15.4 Å². The number of nitro groups is 1. The Labute approximate surface area is 240 Å². The molecule has 1 amide bonds. The summed E-state index contributed by atoms with van der Waals surface area (Å²) < 4.78 is 13.5. The molecule has 2 heterocycles. The van der Waals surface area contributed by atoms with Gasteiger partial charge in [-0.3, -0.25) is 29.7 Å². The topological polar surface area (TPSA) is 173 Å². The van der Waals surface area contributed by atoms with Crippen LogP contribution >= 0.6 is 0 Å². The van der Waals surface area contributed by atoms with Crippen LogP contribution in [-0.4, -0.2) is 63.2 Å². The maximum atomic E-state index is 13.1. The fourth-order valence-corrected chi connectivity index (χ4v) is 4.60. The molecule has 0 radical (unpaired) electrons. The lowest BCUT2D eigenvalue weighted by molar-refractivity contribution is -0.384. The molecule has 42 heavy (non-hydrogen) atoms. The number of hydrogen-bond donors (Lipinski definition) is 2. The molecular weight excluding hydrogens is 546 g/mol. The second-order valence-corrected chi connectivity index (χ2v) is 9.35. The summed E-state index contributed by atoms with van der Waals surface area (Å²) in [6.07, 6.45) is 1.93. The highest BCUT2D eigenvalue weighted by molar-refractivity contribution is 6.03. The molecule has 0 spiro atoms. The van der Waals surface area contributed by atoms with Gasteiger partial charge in [-0.25, -0.2) is 9.78 Å². The fourth-order valence-electron chi connectivity index (χ4n) is 4.60. The number of anilines is 2. The van der Waals surface area contributed by atoms with Crippen LogP contribution in [0, 0.1) is 17.0 Å². The third-order valence-corrected chi connectivity index (χ3v) is 6.60. The summed E-state index contributed by atoms with van der Waals surface area (Å²) in [5.74, 6) is -0.611. The summed E-state index contributed by atoms with van der Waals surface area (Å²) in [5.41, 5.74) is 2.72. The number of hydrogen-bond acceptors (Lipinski definition) is 10. The average Bonchev–Trinajstić information content (AvgIpc) is 3.54. The van der Waals surface area contributed by atoms with Crippen molar-refractivity contribution in [2.24, 2.45) is 0 Å². The van der Waals surface area contributed by atoms with Crippen molar-refractivity contribution in [2.75, 3.05) is 31.4 Å². The third kappa shape index (κ3) is 6.22. The number of aldehydes is 1. The van der Waals surface area contributed by atoms with Crippen LogP contribution in [0.3, 0.4) is 0 Å². The van der Waals surface area contributed by atoms with Crippen molar-refractivity contribution < 1.29 is 28.8 Å².